The van der Waals surface area contributed by atoms with Crippen LogP contribution in [-0.4, -0.2) is 18.5 Å². The van der Waals surface area contributed by atoms with Gasteiger partial charge in [-0.3, -0.25) is 4.90 Å². The average Bonchev–Trinajstić information content (AvgIpc) is 2.63. The summed E-state index contributed by atoms with van der Waals surface area (Å²) in [5, 5.41) is 0. The lowest BCUT2D eigenvalue weighted by molar-refractivity contribution is -0.0101. The SMILES string of the molecule is CN(CC1=CC[C@@H]2C[C@H]1C2(C)C)Cc1ccc(-c2ccccc2I)cc1. The Bertz CT molecular complexity index is 818. The van der Waals surface area contributed by atoms with Crippen molar-refractivity contribution in [3.8, 4) is 11.1 Å². The van der Waals surface area contributed by atoms with Crippen molar-refractivity contribution >= 4 is 22.6 Å². The first-order chi connectivity index (χ1) is 12.4. The zero-order valence-electron chi connectivity index (χ0n) is 16.0. The third-order valence-electron chi connectivity index (χ3n) is 6.63. The third-order valence-corrected chi connectivity index (χ3v) is 7.57. The van der Waals surface area contributed by atoms with Crippen LogP contribution in [0, 0.1) is 20.8 Å². The first kappa shape index (κ1) is 18.2. The number of allylic oxidation sites excluding steroid dienone is 1. The Morgan fingerprint density at radius 2 is 1.77 bits per heavy atom. The molecule has 2 aromatic carbocycles. The summed E-state index contributed by atoms with van der Waals surface area (Å²) in [7, 11) is 2.26. The lowest BCUT2D eigenvalue weighted by Crippen LogP contribution is -2.49. The molecule has 1 saturated carbocycles. The van der Waals surface area contributed by atoms with Crippen molar-refractivity contribution in [3.05, 3.63) is 69.3 Å². The molecule has 2 bridgehead atoms. The molecule has 0 amide bonds. The largest absolute Gasteiger partial charge is 0.298 e. The smallest absolute Gasteiger partial charge is 0.0234 e. The number of rotatable bonds is 5. The van der Waals surface area contributed by atoms with Gasteiger partial charge in [0.25, 0.3) is 0 Å². The van der Waals surface area contributed by atoms with Crippen molar-refractivity contribution in [1.82, 2.24) is 4.90 Å². The second kappa shape index (κ2) is 7.12. The maximum Gasteiger partial charge on any atom is 0.0234 e. The minimum absolute atomic E-state index is 0.527. The standard InChI is InChI=1S/C24H28IN/c1-24(2)20-13-12-19(22(24)14-20)16-26(3)15-17-8-10-18(11-9-17)21-6-4-5-7-23(21)25/h4-12,20,22H,13-16H2,1-3H3/t20-,22-/m1/s1. The quantitative estimate of drug-likeness (QED) is 0.372. The summed E-state index contributed by atoms with van der Waals surface area (Å²) in [4.78, 5) is 2.47. The number of benzene rings is 2. The van der Waals surface area contributed by atoms with Crippen LogP contribution in [0.15, 0.2) is 60.2 Å². The maximum atomic E-state index is 2.53. The van der Waals surface area contributed by atoms with E-state index in [9.17, 15) is 0 Å². The van der Waals surface area contributed by atoms with Crippen LogP contribution in [0.2, 0.25) is 0 Å². The van der Waals surface area contributed by atoms with E-state index in [1.807, 2.05) is 0 Å². The summed E-state index contributed by atoms with van der Waals surface area (Å²) in [6.45, 7) is 7.05. The van der Waals surface area contributed by atoms with Gasteiger partial charge in [0.2, 0.25) is 0 Å². The highest BCUT2D eigenvalue weighted by Crippen LogP contribution is 2.59. The Morgan fingerprint density at radius 3 is 2.42 bits per heavy atom. The molecular weight excluding hydrogens is 429 g/mol. The first-order valence-corrected chi connectivity index (χ1v) is 10.7. The van der Waals surface area contributed by atoms with Gasteiger partial charge in [0.15, 0.2) is 0 Å². The van der Waals surface area contributed by atoms with E-state index in [0.29, 0.717) is 5.41 Å². The van der Waals surface area contributed by atoms with E-state index in [1.54, 1.807) is 5.57 Å². The van der Waals surface area contributed by atoms with Gasteiger partial charge in [-0.25, -0.2) is 0 Å². The van der Waals surface area contributed by atoms with Crippen molar-refractivity contribution in [2.24, 2.45) is 17.3 Å². The fourth-order valence-electron chi connectivity index (χ4n) is 4.82. The summed E-state index contributed by atoms with van der Waals surface area (Å²) in [5.41, 5.74) is 6.22. The number of likely N-dealkylation sites (N-methyl/N-ethyl adjacent to an activating group) is 1. The molecule has 26 heavy (non-hydrogen) atoms. The first-order valence-electron chi connectivity index (χ1n) is 9.66. The fourth-order valence-corrected chi connectivity index (χ4v) is 5.52. The molecule has 2 heteroatoms. The Morgan fingerprint density at radius 1 is 1.04 bits per heavy atom. The normalized spacial score (nSPS) is 23.5. The number of nitrogens with zero attached hydrogens (tertiary/aromatic N) is 1. The minimum Gasteiger partial charge on any atom is -0.298 e. The molecule has 5 rings (SSSR count). The average molecular weight is 457 g/mol. The summed E-state index contributed by atoms with van der Waals surface area (Å²) in [6, 6.07) is 17.7. The summed E-state index contributed by atoms with van der Waals surface area (Å²) >= 11 is 2.42. The van der Waals surface area contributed by atoms with Crippen LogP contribution in [0.3, 0.4) is 0 Å². The molecule has 3 aliphatic rings. The molecule has 1 fully saturated rings. The topological polar surface area (TPSA) is 3.24 Å². The minimum atomic E-state index is 0.527. The van der Waals surface area contributed by atoms with Gasteiger partial charge in [0.05, 0.1) is 0 Å². The molecule has 2 atom stereocenters. The fraction of sp³-hybridized carbons (Fsp3) is 0.417. The molecular formula is C24H28IN. The van der Waals surface area contributed by atoms with Gasteiger partial charge in [0, 0.05) is 16.7 Å². The van der Waals surface area contributed by atoms with Crippen LogP contribution in [0.25, 0.3) is 11.1 Å². The summed E-state index contributed by atoms with van der Waals surface area (Å²) < 4.78 is 1.31. The van der Waals surface area contributed by atoms with Gasteiger partial charge in [-0.1, -0.05) is 68.0 Å². The predicted octanol–water partition coefficient (Wildman–Crippen LogP) is 6.38. The Hall–Kier alpha value is -1.13. The molecule has 0 heterocycles. The van der Waals surface area contributed by atoms with E-state index in [1.165, 1.54) is 33.1 Å². The highest BCUT2D eigenvalue weighted by atomic mass is 127. The molecule has 136 valence electrons. The van der Waals surface area contributed by atoms with Crippen LogP contribution in [0.5, 0.6) is 0 Å². The highest BCUT2D eigenvalue weighted by molar-refractivity contribution is 14.1. The predicted molar refractivity (Wildman–Crippen MR) is 119 cm³/mol. The highest BCUT2D eigenvalue weighted by Gasteiger charge is 2.50. The molecule has 2 aromatic rings. The molecule has 0 N–H and O–H groups in total. The Balaban J connectivity index is 1.40. The van der Waals surface area contributed by atoms with Crippen molar-refractivity contribution in [2.75, 3.05) is 13.6 Å². The number of halogens is 1. The molecule has 0 aromatic heterocycles. The van der Waals surface area contributed by atoms with Crippen molar-refractivity contribution in [2.45, 2.75) is 33.2 Å². The molecule has 0 saturated heterocycles. The number of fused-ring (bicyclic) bond motifs is 1. The van der Waals surface area contributed by atoms with Crippen LogP contribution in [0.4, 0.5) is 0 Å². The number of hydrogen-bond donors (Lipinski definition) is 0. The van der Waals surface area contributed by atoms with E-state index in [2.05, 4.69) is 103 Å². The third kappa shape index (κ3) is 3.38. The second-order valence-electron chi connectivity index (χ2n) is 8.67. The van der Waals surface area contributed by atoms with E-state index in [0.717, 1.165) is 24.9 Å². The summed E-state index contributed by atoms with van der Waals surface area (Å²) in [6.07, 6.45) is 5.23. The van der Waals surface area contributed by atoms with Gasteiger partial charge in [-0.05, 0) is 82.5 Å². The zero-order valence-corrected chi connectivity index (χ0v) is 18.2. The summed E-state index contributed by atoms with van der Waals surface area (Å²) in [5.74, 6) is 1.74. The molecule has 3 aliphatic carbocycles. The van der Waals surface area contributed by atoms with Crippen LogP contribution in [-0.2, 0) is 6.54 Å². The van der Waals surface area contributed by atoms with Gasteiger partial charge in [-0.15, -0.1) is 0 Å². The van der Waals surface area contributed by atoms with Crippen LogP contribution < -0.4 is 0 Å². The van der Waals surface area contributed by atoms with Gasteiger partial charge in [0.1, 0.15) is 0 Å². The van der Waals surface area contributed by atoms with Crippen molar-refractivity contribution in [3.63, 3.8) is 0 Å². The molecule has 0 spiro atoms. The molecule has 0 radical (unpaired) electrons. The lowest BCUT2D eigenvalue weighted by atomic mass is 9.49. The van der Waals surface area contributed by atoms with Gasteiger partial charge >= 0.3 is 0 Å². The molecule has 0 aliphatic heterocycles. The number of hydrogen-bond acceptors (Lipinski definition) is 1. The second-order valence-corrected chi connectivity index (χ2v) is 9.83. The Labute approximate surface area is 171 Å². The molecule has 1 nitrogen and oxygen atoms in total. The maximum absolute atomic E-state index is 2.53. The Kier molecular flexibility index (Phi) is 5.00. The van der Waals surface area contributed by atoms with Crippen LogP contribution >= 0.6 is 22.6 Å². The van der Waals surface area contributed by atoms with E-state index >= 15 is 0 Å². The van der Waals surface area contributed by atoms with Crippen LogP contribution in [0.1, 0.15) is 32.3 Å². The van der Waals surface area contributed by atoms with Gasteiger partial charge in [-0.2, -0.15) is 0 Å². The molecule has 0 unspecified atom stereocenters. The monoisotopic (exact) mass is 457 g/mol. The van der Waals surface area contributed by atoms with E-state index in [-0.39, 0.29) is 0 Å². The van der Waals surface area contributed by atoms with Gasteiger partial charge < -0.3 is 0 Å². The van der Waals surface area contributed by atoms with E-state index in [4.69, 9.17) is 0 Å². The van der Waals surface area contributed by atoms with Crippen molar-refractivity contribution in [1.29, 1.82) is 0 Å². The zero-order chi connectivity index (χ0) is 18.3. The van der Waals surface area contributed by atoms with E-state index < -0.39 is 0 Å². The lowest BCUT2D eigenvalue weighted by Gasteiger charge is -2.57. The van der Waals surface area contributed by atoms with Crippen molar-refractivity contribution < 1.29 is 0 Å².